The highest BCUT2D eigenvalue weighted by Gasteiger charge is 2.35. The maximum atomic E-state index is 11.2. The van der Waals surface area contributed by atoms with E-state index in [4.69, 9.17) is 0 Å². The first kappa shape index (κ1) is 14.7. The molecule has 1 aromatic carbocycles. The van der Waals surface area contributed by atoms with E-state index in [1.54, 1.807) is 15.8 Å². The van der Waals surface area contributed by atoms with Gasteiger partial charge in [-0.05, 0) is 19.1 Å². The average Bonchev–Trinajstić information content (AvgIpc) is 3.07. The minimum absolute atomic E-state index is 0.279. The SMILES string of the molecule is Cc1ccc(-n2cc(CN3C[C@H](O)C[C@H]3C(=O)O)cn2)cc1. The molecule has 0 bridgehead atoms. The Bertz CT molecular complexity index is 666. The minimum atomic E-state index is -0.887. The van der Waals surface area contributed by atoms with Gasteiger partial charge in [-0.1, -0.05) is 17.7 Å². The van der Waals surface area contributed by atoms with E-state index in [1.807, 2.05) is 37.4 Å². The Labute approximate surface area is 128 Å². The van der Waals surface area contributed by atoms with E-state index >= 15 is 0 Å². The minimum Gasteiger partial charge on any atom is -0.480 e. The molecule has 1 aliphatic rings. The van der Waals surface area contributed by atoms with Crippen LogP contribution >= 0.6 is 0 Å². The molecule has 22 heavy (non-hydrogen) atoms. The third-order valence-electron chi connectivity index (χ3n) is 3.99. The van der Waals surface area contributed by atoms with E-state index in [2.05, 4.69) is 5.10 Å². The van der Waals surface area contributed by atoms with Crippen molar-refractivity contribution < 1.29 is 15.0 Å². The van der Waals surface area contributed by atoms with Crippen molar-refractivity contribution in [1.82, 2.24) is 14.7 Å². The molecule has 1 saturated heterocycles. The van der Waals surface area contributed by atoms with E-state index in [9.17, 15) is 15.0 Å². The second-order valence-electron chi connectivity index (χ2n) is 5.80. The fourth-order valence-electron chi connectivity index (χ4n) is 2.83. The number of carboxylic acids is 1. The van der Waals surface area contributed by atoms with E-state index < -0.39 is 18.1 Å². The maximum Gasteiger partial charge on any atom is 0.321 e. The van der Waals surface area contributed by atoms with Gasteiger partial charge in [-0.15, -0.1) is 0 Å². The third kappa shape index (κ3) is 3.03. The van der Waals surface area contributed by atoms with Crippen LogP contribution in [0.1, 0.15) is 17.5 Å². The Kier molecular flexibility index (Phi) is 3.96. The Morgan fingerprint density at radius 1 is 1.36 bits per heavy atom. The largest absolute Gasteiger partial charge is 0.480 e. The number of benzene rings is 1. The van der Waals surface area contributed by atoms with E-state index in [1.165, 1.54) is 5.56 Å². The molecule has 1 aromatic heterocycles. The van der Waals surface area contributed by atoms with Crippen molar-refractivity contribution in [1.29, 1.82) is 0 Å². The number of likely N-dealkylation sites (tertiary alicyclic amines) is 1. The summed E-state index contributed by atoms with van der Waals surface area (Å²) in [5.74, 6) is -0.887. The highest BCUT2D eigenvalue weighted by molar-refractivity contribution is 5.74. The second-order valence-corrected chi connectivity index (χ2v) is 5.80. The number of hydrogen-bond donors (Lipinski definition) is 2. The van der Waals surface area contributed by atoms with Crippen molar-refractivity contribution in [3.63, 3.8) is 0 Å². The number of aliphatic carboxylic acids is 1. The number of nitrogens with zero attached hydrogens (tertiary/aromatic N) is 3. The summed E-state index contributed by atoms with van der Waals surface area (Å²) >= 11 is 0. The molecule has 3 rings (SSSR count). The summed E-state index contributed by atoms with van der Waals surface area (Å²) in [6.07, 6.45) is 3.34. The van der Waals surface area contributed by atoms with Crippen LogP contribution in [-0.2, 0) is 11.3 Å². The van der Waals surface area contributed by atoms with Crippen molar-refractivity contribution in [3.05, 3.63) is 47.8 Å². The summed E-state index contributed by atoms with van der Waals surface area (Å²) in [4.78, 5) is 13.0. The van der Waals surface area contributed by atoms with Crippen LogP contribution in [0.3, 0.4) is 0 Å². The molecule has 2 aromatic rings. The van der Waals surface area contributed by atoms with Gasteiger partial charge in [0.2, 0.25) is 0 Å². The Hall–Kier alpha value is -2.18. The normalized spacial score (nSPS) is 22.1. The topological polar surface area (TPSA) is 78.6 Å². The molecule has 2 heterocycles. The van der Waals surface area contributed by atoms with Crippen LogP contribution in [0.4, 0.5) is 0 Å². The van der Waals surface area contributed by atoms with Crippen LogP contribution in [0.2, 0.25) is 0 Å². The number of hydrogen-bond acceptors (Lipinski definition) is 4. The van der Waals surface area contributed by atoms with Crippen molar-refractivity contribution in [2.24, 2.45) is 0 Å². The van der Waals surface area contributed by atoms with E-state index in [0.29, 0.717) is 13.1 Å². The molecule has 0 amide bonds. The van der Waals surface area contributed by atoms with Crippen molar-refractivity contribution >= 4 is 5.97 Å². The Balaban J connectivity index is 1.74. The Morgan fingerprint density at radius 2 is 2.09 bits per heavy atom. The zero-order valence-corrected chi connectivity index (χ0v) is 12.4. The number of carboxylic acid groups (broad SMARTS) is 1. The lowest BCUT2D eigenvalue weighted by Gasteiger charge is -2.19. The quantitative estimate of drug-likeness (QED) is 0.887. The van der Waals surface area contributed by atoms with Crippen LogP contribution in [0, 0.1) is 6.92 Å². The molecule has 6 nitrogen and oxygen atoms in total. The summed E-state index contributed by atoms with van der Waals surface area (Å²) in [5.41, 5.74) is 3.08. The standard InChI is InChI=1S/C16H19N3O3/c1-11-2-4-13(5-3-11)19-9-12(7-17-19)8-18-10-14(20)6-15(18)16(21)22/h2-5,7,9,14-15,20H,6,8,10H2,1H3,(H,21,22)/t14-,15+/m1/s1. The highest BCUT2D eigenvalue weighted by atomic mass is 16.4. The summed E-state index contributed by atoms with van der Waals surface area (Å²) in [7, 11) is 0. The van der Waals surface area contributed by atoms with Crippen molar-refractivity contribution in [2.45, 2.75) is 32.0 Å². The first-order chi connectivity index (χ1) is 10.5. The molecular weight excluding hydrogens is 282 g/mol. The number of β-amino-alcohol motifs (C(OH)–C–C–N with tert-alkyl or cyclic N) is 1. The maximum absolute atomic E-state index is 11.2. The number of rotatable bonds is 4. The van der Waals surface area contributed by atoms with Crippen LogP contribution in [-0.4, -0.2) is 49.6 Å². The Morgan fingerprint density at radius 3 is 2.77 bits per heavy atom. The molecule has 1 aliphatic heterocycles. The number of aromatic nitrogens is 2. The molecule has 116 valence electrons. The molecule has 1 fully saturated rings. The molecule has 2 atom stereocenters. The second kappa shape index (κ2) is 5.90. The average molecular weight is 301 g/mol. The highest BCUT2D eigenvalue weighted by Crippen LogP contribution is 2.21. The summed E-state index contributed by atoms with van der Waals surface area (Å²) in [6, 6.07) is 7.40. The first-order valence-corrected chi connectivity index (χ1v) is 7.28. The van der Waals surface area contributed by atoms with E-state index in [-0.39, 0.29) is 6.42 Å². The lowest BCUT2D eigenvalue weighted by Crippen LogP contribution is -2.35. The van der Waals surface area contributed by atoms with Crippen molar-refractivity contribution in [3.8, 4) is 5.69 Å². The first-order valence-electron chi connectivity index (χ1n) is 7.28. The van der Waals surface area contributed by atoms with Gasteiger partial charge in [-0.25, -0.2) is 4.68 Å². The predicted molar refractivity (Wildman–Crippen MR) is 80.8 cm³/mol. The third-order valence-corrected chi connectivity index (χ3v) is 3.99. The van der Waals surface area contributed by atoms with Crippen LogP contribution < -0.4 is 0 Å². The van der Waals surface area contributed by atoms with Gasteiger partial charge in [0.25, 0.3) is 0 Å². The summed E-state index contributed by atoms with van der Waals surface area (Å²) in [6.45, 7) is 2.88. The number of aliphatic hydroxyl groups is 1. The lowest BCUT2D eigenvalue weighted by atomic mass is 10.2. The van der Waals surface area contributed by atoms with Crippen LogP contribution in [0.15, 0.2) is 36.7 Å². The van der Waals surface area contributed by atoms with Crippen LogP contribution in [0.25, 0.3) is 5.69 Å². The zero-order valence-electron chi connectivity index (χ0n) is 12.4. The van der Waals surface area contributed by atoms with Gasteiger partial charge >= 0.3 is 5.97 Å². The van der Waals surface area contributed by atoms with Gasteiger partial charge in [0.1, 0.15) is 6.04 Å². The predicted octanol–water partition coefficient (Wildman–Crippen LogP) is 1.20. The van der Waals surface area contributed by atoms with E-state index in [0.717, 1.165) is 11.3 Å². The van der Waals surface area contributed by atoms with Gasteiger partial charge < -0.3 is 10.2 Å². The lowest BCUT2D eigenvalue weighted by molar-refractivity contribution is -0.142. The molecule has 0 unspecified atom stereocenters. The molecule has 2 N–H and O–H groups in total. The number of aryl methyl sites for hydroxylation is 1. The summed E-state index contributed by atoms with van der Waals surface area (Å²) < 4.78 is 1.77. The van der Waals surface area contributed by atoms with Gasteiger partial charge in [0.15, 0.2) is 0 Å². The van der Waals surface area contributed by atoms with Crippen molar-refractivity contribution in [2.75, 3.05) is 6.54 Å². The fraction of sp³-hybridized carbons (Fsp3) is 0.375. The molecule has 6 heteroatoms. The molecule has 0 radical (unpaired) electrons. The fourth-order valence-corrected chi connectivity index (χ4v) is 2.83. The number of aliphatic hydroxyl groups excluding tert-OH is 1. The molecule has 0 saturated carbocycles. The van der Waals surface area contributed by atoms with Crippen LogP contribution in [0.5, 0.6) is 0 Å². The molecule has 0 spiro atoms. The zero-order chi connectivity index (χ0) is 15.7. The van der Waals surface area contributed by atoms with Gasteiger partial charge in [-0.3, -0.25) is 9.69 Å². The van der Waals surface area contributed by atoms with Gasteiger partial charge in [0, 0.05) is 31.3 Å². The summed E-state index contributed by atoms with van der Waals surface area (Å²) in [5, 5.41) is 23.2. The number of carbonyl (C=O) groups is 1. The molecule has 0 aliphatic carbocycles. The van der Waals surface area contributed by atoms with Gasteiger partial charge in [0.05, 0.1) is 18.0 Å². The molecular formula is C16H19N3O3. The monoisotopic (exact) mass is 301 g/mol. The smallest absolute Gasteiger partial charge is 0.321 e. The van der Waals surface area contributed by atoms with Gasteiger partial charge in [-0.2, -0.15) is 5.10 Å².